The van der Waals surface area contributed by atoms with Gasteiger partial charge in [0.05, 0.1) is 19.0 Å². The third-order valence-electron chi connectivity index (χ3n) is 4.38. The van der Waals surface area contributed by atoms with Gasteiger partial charge in [0.1, 0.15) is 11.4 Å². The molecule has 2 heterocycles. The molecule has 3 aromatic rings. The van der Waals surface area contributed by atoms with Crippen LogP contribution >= 0.6 is 0 Å². The zero-order chi connectivity index (χ0) is 22.4. The summed E-state index contributed by atoms with van der Waals surface area (Å²) in [5.41, 5.74) is 0.935. The minimum Gasteiger partial charge on any atom is -0.497 e. The second-order valence-corrected chi connectivity index (χ2v) is 6.48. The Bertz CT molecular complexity index is 1100. The number of rotatable bonds is 9. The second-order valence-electron chi connectivity index (χ2n) is 6.48. The molecule has 0 fully saturated rings. The maximum absolute atomic E-state index is 12.9. The Balaban J connectivity index is 1.68. The first kappa shape index (κ1) is 21.6. The average molecular weight is 426 g/mol. The lowest BCUT2D eigenvalue weighted by Crippen LogP contribution is -2.21. The zero-order valence-corrected chi connectivity index (χ0v) is 17.0. The lowest BCUT2D eigenvalue weighted by Gasteiger charge is -2.11. The number of carbonyl (C=O) groups excluding carboxylic acids is 2. The molecule has 0 saturated heterocycles. The number of carboxylic acids is 1. The summed E-state index contributed by atoms with van der Waals surface area (Å²) in [5, 5.41) is 22.4. The SMILES string of the molecule is CCn1ncc(NC(=O)CCn2ccc(C(=O)O)n2)c1C(=O)Nc1cccc(OC)c1. The number of carboxylic acid groups (broad SMARTS) is 1. The van der Waals surface area contributed by atoms with Crippen LogP contribution in [0.5, 0.6) is 5.75 Å². The maximum atomic E-state index is 12.9. The Morgan fingerprint density at radius 1 is 1.19 bits per heavy atom. The Labute approximate surface area is 177 Å². The summed E-state index contributed by atoms with van der Waals surface area (Å²) in [6.07, 6.45) is 2.94. The van der Waals surface area contributed by atoms with Crippen LogP contribution in [0.1, 0.15) is 34.3 Å². The van der Waals surface area contributed by atoms with Crippen molar-refractivity contribution in [1.29, 1.82) is 0 Å². The molecule has 31 heavy (non-hydrogen) atoms. The van der Waals surface area contributed by atoms with Gasteiger partial charge in [-0.2, -0.15) is 10.2 Å². The molecule has 0 unspecified atom stereocenters. The van der Waals surface area contributed by atoms with E-state index in [2.05, 4.69) is 20.8 Å². The van der Waals surface area contributed by atoms with E-state index in [-0.39, 0.29) is 35.9 Å². The van der Waals surface area contributed by atoms with Crippen LogP contribution in [0, 0.1) is 0 Å². The molecule has 11 nitrogen and oxygen atoms in total. The molecule has 11 heteroatoms. The van der Waals surface area contributed by atoms with E-state index in [0.717, 1.165) is 0 Å². The summed E-state index contributed by atoms with van der Waals surface area (Å²) in [7, 11) is 1.53. The maximum Gasteiger partial charge on any atom is 0.356 e. The van der Waals surface area contributed by atoms with Crippen molar-refractivity contribution < 1.29 is 24.2 Å². The van der Waals surface area contributed by atoms with Gasteiger partial charge in [-0.15, -0.1) is 0 Å². The number of ether oxygens (including phenoxy) is 1. The number of hydrogen-bond donors (Lipinski definition) is 3. The van der Waals surface area contributed by atoms with Crippen LogP contribution in [0.4, 0.5) is 11.4 Å². The summed E-state index contributed by atoms with van der Waals surface area (Å²) < 4.78 is 8.01. The second kappa shape index (κ2) is 9.57. The van der Waals surface area contributed by atoms with Crippen LogP contribution in [-0.4, -0.2) is 49.6 Å². The lowest BCUT2D eigenvalue weighted by molar-refractivity contribution is -0.116. The van der Waals surface area contributed by atoms with Crippen LogP contribution < -0.4 is 15.4 Å². The predicted octanol–water partition coefficient (Wildman–Crippen LogP) is 2.09. The average Bonchev–Trinajstić information content (AvgIpc) is 3.39. The van der Waals surface area contributed by atoms with Crippen molar-refractivity contribution in [3.05, 3.63) is 54.1 Å². The highest BCUT2D eigenvalue weighted by molar-refractivity contribution is 6.09. The van der Waals surface area contributed by atoms with E-state index in [4.69, 9.17) is 9.84 Å². The Morgan fingerprint density at radius 2 is 2.00 bits per heavy atom. The number of nitrogens with zero attached hydrogens (tertiary/aromatic N) is 4. The normalized spacial score (nSPS) is 10.5. The van der Waals surface area contributed by atoms with Crippen molar-refractivity contribution in [2.75, 3.05) is 17.7 Å². The summed E-state index contributed by atoms with van der Waals surface area (Å²) >= 11 is 0. The molecular formula is C20H22N6O5. The third-order valence-corrected chi connectivity index (χ3v) is 4.38. The number of aromatic nitrogens is 4. The highest BCUT2D eigenvalue weighted by Crippen LogP contribution is 2.21. The summed E-state index contributed by atoms with van der Waals surface area (Å²) in [5.74, 6) is -1.33. The first-order valence-corrected chi connectivity index (χ1v) is 9.49. The van der Waals surface area contributed by atoms with Crippen molar-refractivity contribution in [2.45, 2.75) is 26.4 Å². The van der Waals surface area contributed by atoms with E-state index in [0.29, 0.717) is 18.0 Å². The summed E-state index contributed by atoms with van der Waals surface area (Å²) in [6.45, 7) is 2.45. The molecule has 0 aliphatic carbocycles. The molecule has 2 aromatic heterocycles. The van der Waals surface area contributed by atoms with E-state index in [1.165, 1.54) is 34.9 Å². The first-order valence-electron chi connectivity index (χ1n) is 9.49. The molecule has 162 valence electrons. The molecule has 0 radical (unpaired) electrons. The number of aryl methyl sites for hydroxylation is 2. The fraction of sp³-hybridized carbons (Fsp3) is 0.250. The Morgan fingerprint density at radius 3 is 2.68 bits per heavy atom. The number of benzene rings is 1. The summed E-state index contributed by atoms with van der Waals surface area (Å²) in [4.78, 5) is 36.1. The highest BCUT2D eigenvalue weighted by Gasteiger charge is 2.20. The van der Waals surface area contributed by atoms with Gasteiger partial charge >= 0.3 is 5.97 Å². The lowest BCUT2D eigenvalue weighted by atomic mass is 10.2. The van der Waals surface area contributed by atoms with Gasteiger partial charge in [0.2, 0.25) is 5.91 Å². The Kier molecular flexibility index (Phi) is 6.65. The number of aromatic carboxylic acids is 1. The molecular weight excluding hydrogens is 404 g/mol. The fourth-order valence-corrected chi connectivity index (χ4v) is 2.88. The highest BCUT2D eigenvalue weighted by atomic mass is 16.5. The van der Waals surface area contributed by atoms with E-state index in [9.17, 15) is 14.4 Å². The van der Waals surface area contributed by atoms with E-state index < -0.39 is 11.9 Å². The smallest absolute Gasteiger partial charge is 0.356 e. The van der Waals surface area contributed by atoms with Crippen LogP contribution in [0.15, 0.2) is 42.7 Å². The number of amides is 2. The zero-order valence-electron chi connectivity index (χ0n) is 17.0. The molecule has 3 N–H and O–H groups in total. The standard InChI is InChI=1S/C20H22N6O5/c1-3-26-18(19(28)22-13-5-4-6-14(11-13)31-2)16(12-21-26)23-17(27)8-10-25-9-7-15(24-25)20(29)30/h4-7,9,11-12H,3,8,10H2,1-2H3,(H,22,28)(H,23,27)(H,29,30). The molecule has 0 aliphatic rings. The van der Waals surface area contributed by atoms with Gasteiger partial charge in [-0.1, -0.05) is 6.07 Å². The number of nitrogens with one attached hydrogen (secondary N) is 2. The molecule has 0 bridgehead atoms. The van der Waals surface area contributed by atoms with Gasteiger partial charge in [0, 0.05) is 37.5 Å². The number of anilines is 2. The minimum absolute atomic E-state index is 0.0367. The molecule has 3 rings (SSSR count). The van der Waals surface area contributed by atoms with Gasteiger partial charge in [0.25, 0.3) is 5.91 Å². The van der Waals surface area contributed by atoms with E-state index in [1.807, 2.05) is 6.92 Å². The van der Waals surface area contributed by atoms with Crippen LogP contribution in [0.3, 0.4) is 0 Å². The van der Waals surface area contributed by atoms with Gasteiger partial charge in [-0.3, -0.25) is 19.0 Å². The first-order chi connectivity index (χ1) is 14.9. The van der Waals surface area contributed by atoms with E-state index >= 15 is 0 Å². The van der Waals surface area contributed by atoms with E-state index in [1.54, 1.807) is 24.3 Å². The molecule has 1 aromatic carbocycles. The van der Waals surface area contributed by atoms with Crippen molar-refractivity contribution in [3.63, 3.8) is 0 Å². The quantitative estimate of drug-likeness (QED) is 0.476. The number of carbonyl (C=O) groups is 3. The van der Waals surface area contributed by atoms with Crippen molar-refractivity contribution in [3.8, 4) is 5.75 Å². The van der Waals surface area contributed by atoms with Crippen molar-refractivity contribution >= 4 is 29.2 Å². The number of methoxy groups -OCH3 is 1. The molecule has 0 spiro atoms. The Hall–Kier alpha value is -4.15. The van der Waals surface area contributed by atoms with Crippen LogP contribution in [0.2, 0.25) is 0 Å². The molecule has 0 atom stereocenters. The minimum atomic E-state index is -1.14. The van der Waals surface area contributed by atoms with Gasteiger partial charge in [-0.05, 0) is 25.1 Å². The third kappa shape index (κ3) is 5.26. The molecule has 0 aliphatic heterocycles. The topological polar surface area (TPSA) is 140 Å². The van der Waals surface area contributed by atoms with Crippen molar-refractivity contribution in [1.82, 2.24) is 19.6 Å². The monoisotopic (exact) mass is 426 g/mol. The van der Waals surface area contributed by atoms with Crippen molar-refractivity contribution in [2.24, 2.45) is 0 Å². The van der Waals surface area contributed by atoms with Crippen LogP contribution in [-0.2, 0) is 17.9 Å². The van der Waals surface area contributed by atoms with Crippen LogP contribution in [0.25, 0.3) is 0 Å². The van der Waals surface area contributed by atoms with Gasteiger partial charge in [-0.25, -0.2) is 4.79 Å². The number of hydrogen-bond acceptors (Lipinski definition) is 6. The molecule has 2 amide bonds. The summed E-state index contributed by atoms with van der Waals surface area (Å²) in [6, 6.07) is 8.27. The largest absolute Gasteiger partial charge is 0.497 e. The van der Waals surface area contributed by atoms with Gasteiger partial charge in [0.15, 0.2) is 5.69 Å². The fourth-order valence-electron chi connectivity index (χ4n) is 2.88. The predicted molar refractivity (Wildman–Crippen MR) is 111 cm³/mol. The molecule has 0 saturated carbocycles. The van der Waals surface area contributed by atoms with Gasteiger partial charge < -0.3 is 20.5 Å².